The van der Waals surface area contributed by atoms with Gasteiger partial charge in [0.1, 0.15) is 0 Å². The highest BCUT2D eigenvalue weighted by atomic mass is 16.3. The fourth-order valence-electron chi connectivity index (χ4n) is 3.99. The molecule has 4 heteroatoms. The molecule has 4 nitrogen and oxygen atoms in total. The molecule has 0 bridgehead atoms. The number of aliphatic hydroxyl groups excluding tert-OH is 1. The lowest BCUT2D eigenvalue weighted by molar-refractivity contribution is 0.230. The number of aryl methyl sites for hydroxylation is 1. The van der Waals surface area contributed by atoms with Gasteiger partial charge in [-0.05, 0) is 56.1 Å². The Labute approximate surface area is 132 Å². The van der Waals surface area contributed by atoms with E-state index in [0.717, 1.165) is 6.54 Å². The van der Waals surface area contributed by atoms with Crippen molar-refractivity contribution in [3.8, 4) is 0 Å². The predicted octanol–water partition coefficient (Wildman–Crippen LogP) is 2.35. The number of nitrogens with one attached hydrogen (secondary N) is 2. The molecular formula is C18H26N2O2. The fourth-order valence-corrected chi connectivity index (χ4v) is 3.99. The van der Waals surface area contributed by atoms with Gasteiger partial charge in [0.25, 0.3) is 0 Å². The van der Waals surface area contributed by atoms with Crippen molar-refractivity contribution < 1.29 is 9.90 Å². The number of carbonyl (C=O) groups is 1. The number of rotatable bonds is 5. The Morgan fingerprint density at radius 1 is 1.45 bits per heavy atom. The van der Waals surface area contributed by atoms with Gasteiger partial charge in [0.15, 0.2) is 0 Å². The van der Waals surface area contributed by atoms with Crippen LogP contribution in [-0.4, -0.2) is 30.3 Å². The van der Waals surface area contributed by atoms with Crippen LogP contribution in [0.3, 0.4) is 0 Å². The monoisotopic (exact) mass is 302 g/mol. The molecule has 0 aliphatic heterocycles. The normalized spacial score (nSPS) is 27.1. The van der Waals surface area contributed by atoms with Gasteiger partial charge in [0, 0.05) is 24.6 Å². The summed E-state index contributed by atoms with van der Waals surface area (Å²) in [5.74, 6) is 0.563. The summed E-state index contributed by atoms with van der Waals surface area (Å²) in [6, 6.07) is 8.68. The summed E-state index contributed by atoms with van der Waals surface area (Å²) in [6.45, 7) is 2.75. The van der Waals surface area contributed by atoms with Gasteiger partial charge in [-0.3, -0.25) is 0 Å². The zero-order chi connectivity index (χ0) is 15.6. The Balaban J connectivity index is 1.54. The molecule has 3 atom stereocenters. The van der Waals surface area contributed by atoms with Crippen LogP contribution in [0.25, 0.3) is 0 Å². The number of benzene rings is 1. The third-order valence-electron chi connectivity index (χ3n) is 5.30. The molecule has 1 saturated carbocycles. The molecule has 2 aliphatic rings. The third kappa shape index (κ3) is 2.98. The number of amides is 2. The quantitative estimate of drug-likeness (QED) is 0.782. The Morgan fingerprint density at radius 2 is 2.27 bits per heavy atom. The standard InChI is InChI=1S/C18H26N2O2/c1-13(8-10-21)20-17(22)19-12-15-11-18(15)9-4-6-14-5-2-3-7-16(14)18/h2-3,5,7,13,15,21H,4,6,8-12H2,1H3,(H2,19,20,22)/t13-,15?,18?/m1/s1. The molecule has 2 amide bonds. The number of carbonyl (C=O) groups excluding carboxylic acids is 1. The van der Waals surface area contributed by atoms with Crippen molar-refractivity contribution >= 4 is 6.03 Å². The lowest BCUT2D eigenvalue weighted by Crippen LogP contribution is -2.42. The summed E-state index contributed by atoms with van der Waals surface area (Å²) in [5.41, 5.74) is 3.33. The van der Waals surface area contributed by atoms with Crippen LogP contribution in [-0.2, 0) is 11.8 Å². The number of urea groups is 1. The predicted molar refractivity (Wildman–Crippen MR) is 86.9 cm³/mol. The number of fused-ring (bicyclic) bond motifs is 2. The van der Waals surface area contributed by atoms with Crippen LogP contribution >= 0.6 is 0 Å². The first kappa shape index (κ1) is 15.3. The second kappa shape index (κ2) is 6.29. The summed E-state index contributed by atoms with van der Waals surface area (Å²) >= 11 is 0. The Kier molecular flexibility index (Phi) is 4.39. The van der Waals surface area contributed by atoms with Crippen molar-refractivity contribution in [2.75, 3.05) is 13.2 Å². The van der Waals surface area contributed by atoms with Crippen LogP contribution in [0.4, 0.5) is 4.79 Å². The van der Waals surface area contributed by atoms with Crippen LogP contribution in [0.1, 0.15) is 43.7 Å². The van der Waals surface area contributed by atoms with E-state index >= 15 is 0 Å². The highest BCUT2D eigenvalue weighted by Gasteiger charge is 2.56. The molecule has 3 rings (SSSR count). The Morgan fingerprint density at radius 3 is 3.09 bits per heavy atom. The first-order chi connectivity index (χ1) is 10.7. The summed E-state index contributed by atoms with van der Waals surface area (Å²) in [6.07, 6.45) is 5.48. The van der Waals surface area contributed by atoms with Crippen LogP contribution < -0.4 is 10.6 Å². The molecule has 1 fully saturated rings. The van der Waals surface area contributed by atoms with Crippen LogP contribution in [0, 0.1) is 5.92 Å². The zero-order valence-corrected chi connectivity index (χ0v) is 13.3. The lowest BCUT2D eigenvalue weighted by Gasteiger charge is -2.26. The Hall–Kier alpha value is -1.55. The third-order valence-corrected chi connectivity index (χ3v) is 5.30. The number of hydrogen-bond acceptors (Lipinski definition) is 2. The van der Waals surface area contributed by atoms with E-state index in [1.165, 1.54) is 36.8 Å². The van der Waals surface area contributed by atoms with E-state index in [1.54, 1.807) is 0 Å². The molecule has 2 unspecified atom stereocenters. The molecule has 22 heavy (non-hydrogen) atoms. The van der Waals surface area contributed by atoms with E-state index in [4.69, 9.17) is 5.11 Å². The smallest absolute Gasteiger partial charge is 0.315 e. The molecule has 0 aromatic heterocycles. The molecule has 2 aliphatic carbocycles. The SMILES string of the molecule is C[C@H](CCO)NC(=O)NCC1CC12CCCc1ccccc12. The number of hydrogen-bond donors (Lipinski definition) is 3. The summed E-state index contributed by atoms with van der Waals surface area (Å²) in [7, 11) is 0. The van der Waals surface area contributed by atoms with E-state index in [2.05, 4.69) is 34.9 Å². The lowest BCUT2D eigenvalue weighted by atomic mass is 9.78. The molecule has 1 spiro atoms. The van der Waals surface area contributed by atoms with Crippen LogP contribution in [0.2, 0.25) is 0 Å². The average molecular weight is 302 g/mol. The Bertz CT molecular complexity index is 546. The van der Waals surface area contributed by atoms with Crippen molar-refractivity contribution in [1.82, 2.24) is 10.6 Å². The topological polar surface area (TPSA) is 61.4 Å². The van der Waals surface area contributed by atoms with E-state index in [1.807, 2.05) is 6.92 Å². The molecular weight excluding hydrogens is 276 g/mol. The van der Waals surface area contributed by atoms with E-state index < -0.39 is 0 Å². The van der Waals surface area contributed by atoms with Gasteiger partial charge >= 0.3 is 6.03 Å². The van der Waals surface area contributed by atoms with Crippen molar-refractivity contribution in [3.63, 3.8) is 0 Å². The van der Waals surface area contributed by atoms with Gasteiger partial charge in [-0.1, -0.05) is 24.3 Å². The summed E-state index contributed by atoms with van der Waals surface area (Å²) < 4.78 is 0. The zero-order valence-electron chi connectivity index (χ0n) is 13.3. The minimum atomic E-state index is -0.118. The first-order valence-corrected chi connectivity index (χ1v) is 8.39. The van der Waals surface area contributed by atoms with Crippen LogP contribution in [0.15, 0.2) is 24.3 Å². The van der Waals surface area contributed by atoms with Crippen molar-refractivity contribution in [2.45, 2.75) is 50.5 Å². The van der Waals surface area contributed by atoms with Crippen molar-refractivity contribution in [3.05, 3.63) is 35.4 Å². The largest absolute Gasteiger partial charge is 0.396 e. The van der Waals surface area contributed by atoms with E-state index in [9.17, 15) is 4.79 Å². The van der Waals surface area contributed by atoms with Gasteiger partial charge in [0.05, 0.1) is 0 Å². The maximum Gasteiger partial charge on any atom is 0.315 e. The molecule has 3 N–H and O–H groups in total. The second-order valence-electron chi connectivity index (χ2n) is 6.84. The van der Waals surface area contributed by atoms with Crippen molar-refractivity contribution in [1.29, 1.82) is 0 Å². The van der Waals surface area contributed by atoms with E-state index in [0.29, 0.717) is 17.8 Å². The molecule has 120 valence electrons. The number of aliphatic hydroxyl groups is 1. The molecule has 0 saturated heterocycles. The highest BCUT2D eigenvalue weighted by Crippen LogP contribution is 2.59. The van der Waals surface area contributed by atoms with Crippen molar-refractivity contribution in [2.24, 2.45) is 5.92 Å². The van der Waals surface area contributed by atoms with Gasteiger partial charge in [-0.15, -0.1) is 0 Å². The van der Waals surface area contributed by atoms with Crippen LogP contribution in [0.5, 0.6) is 0 Å². The fraction of sp³-hybridized carbons (Fsp3) is 0.611. The maximum absolute atomic E-state index is 11.9. The average Bonchev–Trinajstić information content (AvgIpc) is 3.19. The summed E-state index contributed by atoms with van der Waals surface area (Å²) in [5, 5.41) is 14.7. The first-order valence-electron chi connectivity index (χ1n) is 8.39. The maximum atomic E-state index is 11.9. The van der Waals surface area contributed by atoms with Gasteiger partial charge < -0.3 is 15.7 Å². The molecule has 1 aromatic rings. The van der Waals surface area contributed by atoms with Gasteiger partial charge in [-0.25, -0.2) is 4.79 Å². The van der Waals surface area contributed by atoms with E-state index in [-0.39, 0.29) is 18.7 Å². The summed E-state index contributed by atoms with van der Waals surface area (Å²) in [4.78, 5) is 11.9. The molecule has 1 aromatic carbocycles. The van der Waals surface area contributed by atoms with Gasteiger partial charge in [-0.2, -0.15) is 0 Å². The highest BCUT2D eigenvalue weighted by molar-refractivity contribution is 5.74. The minimum absolute atomic E-state index is 0.00793. The minimum Gasteiger partial charge on any atom is -0.396 e. The second-order valence-corrected chi connectivity index (χ2v) is 6.84. The molecule has 0 radical (unpaired) electrons. The van der Waals surface area contributed by atoms with Gasteiger partial charge in [0.2, 0.25) is 0 Å². The molecule has 0 heterocycles.